The monoisotopic (exact) mass is 212 g/mol. The van der Waals surface area contributed by atoms with Crippen LogP contribution in [-0.2, 0) is 4.79 Å². The largest absolute Gasteiger partial charge is 0.481 e. The van der Waals surface area contributed by atoms with Crippen LogP contribution in [-0.4, -0.2) is 60.1 Å². The van der Waals surface area contributed by atoms with Crippen molar-refractivity contribution in [3.8, 4) is 0 Å². The van der Waals surface area contributed by atoms with Gasteiger partial charge in [0.15, 0.2) is 0 Å². The van der Waals surface area contributed by atoms with Crippen molar-refractivity contribution in [3.63, 3.8) is 0 Å². The third-order valence-corrected chi connectivity index (χ3v) is 3.84. The Balaban J connectivity index is 1.94. The van der Waals surface area contributed by atoms with Crippen molar-refractivity contribution in [3.05, 3.63) is 0 Å². The average Bonchev–Trinajstić information content (AvgIpc) is 2.71. The number of carbonyl (C=O) groups is 1. The van der Waals surface area contributed by atoms with Gasteiger partial charge in [-0.15, -0.1) is 0 Å². The highest BCUT2D eigenvalue weighted by Gasteiger charge is 2.38. The molecule has 0 radical (unpaired) electrons. The molecular weight excluding hydrogens is 192 g/mol. The Morgan fingerprint density at radius 1 is 1.33 bits per heavy atom. The maximum absolute atomic E-state index is 11.0. The van der Waals surface area contributed by atoms with Crippen LogP contribution in [0.5, 0.6) is 0 Å². The van der Waals surface area contributed by atoms with Crippen LogP contribution in [0.1, 0.15) is 13.3 Å². The van der Waals surface area contributed by atoms with Gasteiger partial charge in [-0.1, -0.05) is 6.92 Å². The van der Waals surface area contributed by atoms with Crippen molar-refractivity contribution in [2.75, 3.05) is 33.2 Å². The van der Waals surface area contributed by atoms with E-state index in [0.717, 1.165) is 26.2 Å². The van der Waals surface area contributed by atoms with Crippen molar-refractivity contribution < 1.29 is 9.90 Å². The number of aliphatic carboxylic acids is 1. The van der Waals surface area contributed by atoms with Crippen LogP contribution in [0.15, 0.2) is 0 Å². The molecule has 3 unspecified atom stereocenters. The Morgan fingerprint density at radius 2 is 2.07 bits per heavy atom. The zero-order valence-electron chi connectivity index (χ0n) is 9.52. The van der Waals surface area contributed by atoms with Crippen LogP contribution in [0.3, 0.4) is 0 Å². The zero-order valence-corrected chi connectivity index (χ0v) is 9.52. The molecule has 2 heterocycles. The molecule has 0 spiro atoms. The van der Waals surface area contributed by atoms with Crippen LogP contribution in [0.25, 0.3) is 0 Å². The van der Waals surface area contributed by atoms with Crippen molar-refractivity contribution >= 4 is 5.97 Å². The van der Waals surface area contributed by atoms with E-state index in [1.54, 1.807) is 0 Å². The molecular formula is C11H20N2O2. The van der Waals surface area contributed by atoms with Crippen LogP contribution >= 0.6 is 0 Å². The number of nitrogens with zero attached hydrogens (tertiary/aromatic N) is 2. The van der Waals surface area contributed by atoms with E-state index >= 15 is 0 Å². The van der Waals surface area contributed by atoms with E-state index in [-0.39, 0.29) is 5.92 Å². The van der Waals surface area contributed by atoms with Crippen molar-refractivity contribution in [2.45, 2.75) is 19.4 Å². The minimum absolute atomic E-state index is 0.157. The van der Waals surface area contributed by atoms with Gasteiger partial charge in [0.1, 0.15) is 0 Å². The molecule has 15 heavy (non-hydrogen) atoms. The molecule has 2 aliphatic heterocycles. The minimum atomic E-state index is -0.628. The fraction of sp³-hybridized carbons (Fsp3) is 0.909. The predicted octanol–water partition coefficient (Wildman–Crippen LogP) is 0.343. The summed E-state index contributed by atoms with van der Waals surface area (Å²) < 4.78 is 0. The number of hydrogen-bond donors (Lipinski definition) is 1. The summed E-state index contributed by atoms with van der Waals surface area (Å²) in [6.45, 7) is 5.99. The molecule has 86 valence electrons. The Bertz CT molecular complexity index is 257. The first-order valence-corrected chi connectivity index (χ1v) is 5.73. The molecule has 1 N–H and O–H groups in total. The van der Waals surface area contributed by atoms with E-state index in [0.29, 0.717) is 12.0 Å². The molecule has 2 rings (SSSR count). The van der Waals surface area contributed by atoms with Crippen LogP contribution in [0, 0.1) is 11.8 Å². The van der Waals surface area contributed by atoms with Gasteiger partial charge < -0.3 is 10.0 Å². The third kappa shape index (κ3) is 2.16. The summed E-state index contributed by atoms with van der Waals surface area (Å²) in [6, 6.07) is 0.585. The fourth-order valence-corrected chi connectivity index (χ4v) is 2.83. The smallest absolute Gasteiger partial charge is 0.308 e. The Labute approximate surface area is 90.9 Å². The van der Waals surface area contributed by atoms with E-state index in [1.807, 2.05) is 0 Å². The molecule has 0 bridgehead atoms. The number of carboxylic acid groups (broad SMARTS) is 1. The molecule has 4 heteroatoms. The molecule has 2 aliphatic rings. The highest BCUT2D eigenvalue weighted by molar-refractivity contribution is 5.71. The first kappa shape index (κ1) is 10.9. The molecule has 3 atom stereocenters. The van der Waals surface area contributed by atoms with Crippen molar-refractivity contribution in [1.29, 1.82) is 0 Å². The van der Waals surface area contributed by atoms with Crippen molar-refractivity contribution in [1.82, 2.24) is 9.80 Å². The summed E-state index contributed by atoms with van der Waals surface area (Å²) in [5.41, 5.74) is 0. The number of hydrogen-bond acceptors (Lipinski definition) is 3. The highest BCUT2D eigenvalue weighted by atomic mass is 16.4. The second-order valence-electron chi connectivity index (χ2n) is 5.08. The van der Waals surface area contributed by atoms with Crippen LogP contribution in [0.4, 0.5) is 0 Å². The molecule has 4 nitrogen and oxygen atoms in total. The first-order valence-electron chi connectivity index (χ1n) is 5.73. The Kier molecular flexibility index (Phi) is 2.98. The topological polar surface area (TPSA) is 43.8 Å². The second kappa shape index (κ2) is 4.10. The molecule has 2 fully saturated rings. The summed E-state index contributed by atoms with van der Waals surface area (Å²) in [4.78, 5) is 15.7. The summed E-state index contributed by atoms with van der Waals surface area (Å²) in [7, 11) is 2.13. The van der Waals surface area contributed by atoms with Gasteiger partial charge in [-0.25, -0.2) is 0 Å². The number of likely N-dealkylation sites (N-methyl/N-ethyl adjacent to an activating group) is 1. The lowest BCUT2D eigenvalue weighted by Crippen LogP contribution is -2.36. The maximum atomic E-state index is 11.0. The van der Waals surface area contributed by atoms with E-state index in [9.17, 15) is 4.79 Å². The van der Waals surface area contributed by atoms with Crippen LogP contribution < -0.4 is 0 Å². The number of likely N-dealkylation sites (tertiary alicyclic amines) is 2. The summed E-state index contributed by atoms with van der Waals surface area (Å²) in [5, 5.41) is 9.06. The van der Waals surface area contributed by atoms with E-state index in [1.165, 1.54) is 6.42 Å². The minimum Gasteiger partial charge on any atom is -0.481 e. The van der Waals surface area contributed by atoms with Gasteiger partial charge in [0.05, 0.1) is 5.92 Å². The lowest BCUT2D eigenvalue weighted by molar-refractivity contribution is -0.142. The lowest BCUT2D eigenvalue weighted by atomic mass is 9.99. The number of rotatable bonds is 2. The SMILES string of the molecule is CC1CN(C2CCN(C)C2)CC1C(=O)O. The fourth-order valence-electron chi connectivity index (χ4n) is 2.83. The Morgan fingerprint density at radius 3 is 2.53 bits per heavy atom. The summed E-state index contributed by atoms with van der Waals surface area (Å²) in [6.07, 6.45) is 1.19. The van der Waals surface area contributed by atoms with Gasteiger partial charge in [-0.05, 0) is 25.9 Å². The van der Waals surface area contributed by atoms with Gasteiger partial charge in [0, 0.05) is 25.7 Å². The van der Waals surface area contributed by atoms with E-state index < -0.39 is 5.97 Å². The third-order valence-electron chi connectivity index (χ3n) is 3.84. The molecule has 0 aromatic heterocycles. The van der Waals surface area contributed by atoms with E-state index in [2.05, 4.69) is 23.8 Å². The summed E-state index contributed by atoms with van der Waals surface area (Å²) >= 11 is 0. The quantitative estimate of drug-likeness (QED) is 0.717. The molecule has 2 saturated heterocycles. The molecule has 0 aromatic rings. The predicted molar refractivity (Wildman–Crippen MR) is 57.8 cm³/mol. The maximum Gasteiger partial charge on any atom is 0.308 e. The number of carboxylic acids is 1. The van der Waals surface area contributed by atoms with Gasteiger partial charge >= 0.3 is 5.97 Å². The van der Waals surface area contributed by atoms with E-state index in [4.69, 9.17) is 5.11 Å². The Hall–Kier alpha value is -0.610. The molecule has 0 amide bonds. The standard InChI is InChI=1S/C11H20N2O2/c1-8-5-13(7-10(8)11(14)15)9-3-4-12(2)6-9/h8-10H,3-7H2,1-2H3,(H,14,15). The van der Waals surface area contributed by atoms with Gasteiger partial charge in [0.25, 0.3) is 0 Å². The van der Waals surface area contributed by atoms with Crippen LogP contribution in [0.2, 0.25) is 0 Å². The first-order chi connectivity index (χ1) is 7.08. The zero-order chi connectivity index (χ0) is 11.0. The lowest BCUT2D eigenvalue weighted by Gasteiger charge is -2.23. The normalized spacial score (nSPS) is 38.7. The molecule has 0 saturated carbocycles. The summed E-state index contributed by atoms with van der Waals surface area (Å²) in [5.74, 6) is -0.485. The van der Waals surface area contributed by atoms with Gasteiger partial charge in [-0.2, -0.15) is 0 Å². The van der Waals surface area contributed by atoms with Gasteiger partial charge in [0.2, 0.25) is 0 Å². The second-order valence-corrected chi connectivity index (χ2v) is 5.08. The molecule has 0 aromatic carbocycles. The average molecular weight is 212 g/mol. The highest BCUT2D eigenvalue weighted by Crippen LogP contribution is 2.27. The van der Waals surface area contributed by atoms with Gasteiger partial charge in [-0.3, -0.25) is 9.69 Å². The molecule has 0 aliphatic carbocycles. The van der Waals surface area contributed by atoms with Crippen molar-refractivity contribution in [2.24, 2.45) is 11.8 Å².